The Labute approximate surface area is 163 Å². The van der Waals surface area contributed by atoms with Gasteiger partial charge in [0, 0.05) is 17.7 Å². The minimum Gasteiger partial charge on any atom is -1.00 e. The summed E-state index contributed by atoms with van der Waals surface area (Å²) in [5, 5.41) is 38.9. The molecule has 0 bridgehead atoms. The van der Waals surface area contributed by atoms with Crippen LogP contribution in [0.4, 0.5) is 11.4 Å². The minimum absolute atomic E-state index is 0. The van der Waals surface area contributed by atoms with Crippen LogP contribution in [0.15, 0.2) is 41.0 Å². The number of rotatable bonds is 4. The molecule has 0 amide bonds. The van der Waals surface area contributed by atoms with Gasteiger partial charge in [0.2, 0.25) is 5.52 Å². The molecule has 0 fully saturated rings. The Balaban J connectivity index is 0.00000169. The summed E-state index contributed by atoms with van der Waals surface area (Å²) in [6, 6.07) is 10.3. The van der Waals surface area contributed by atoms with Crippen molar-refractivity contribution in [2.24, 2.45) is 0 Å². The number of non-ortho nitro benzene ring substituents is 1. The summed E-state index contributed by atoms with van der Waals surface area (Å²) in [5.74, 6) is -1.05. The first-order valence-corrected chi connectivity index (χ1v) is 6.57. The van der Waals surface area contributed by atoms with Gasteiger partial charge >= 0.3 is 35.2 Å². The van der Waals surface area contributed by atoms with Crippen molar-refractivity contribution in [2.75, 3.05) is 0 Å². The van der Waals surface area contributed by atoms with Gasteiger partial charge in [-0.1, -0.05) is 18.2 Å². The van der Waals surface area contributed by atoms with Crippen LogP contribution in [0.1, 0.15) is 18.5 Å². The van der Waals surface area contributed by atoms with Gasteiger partial charge in [-0.25, -0.2) is 4.63 Å². The predicted molar refractivity (Wildman–Crippen MR) is 80.1 cm³/mol. The molecular weight excluding hydrogens is 341 g/mol. The molecule has 0 radical (unpaired) electrons. The van der Waals surface area contributed by atoms with Crippen molar-refractivity contribution in [2.45, 2.75) is 5.92 Å². The molecule has 3 aromatic rings. The molecule has 1 heterocycles. The molecule has 0 aliphatic heterocycles. The van der Waals surface area contributed by atoms with Crippen LogP contribution in [0.2, 0.25) is 0 Å². The normalized spacial score (nSPS) is 11.3. The monoisotopic (exact) mass is 349 g/mol. The van der Waals surface area contributed by atoms with E-state index in [0.717, 1.165) is 0 Å². The molecule has 3 rings (SSSR count). The van der Waals surface area contributed by atoms with Gasteiger partial charge in [0.15, 0.2) is 0 Å². The smallest absolute Gasteiger partial charge is 1.00 e. The third kappa shape index (κ3) is 3.20. The SMILES string of the molecule is N#CC(c1ccccc1[N+](=O)[O-])c1ccc([N+](=O)[O-])c2nonc12.[H-].[Na+]. The van der Waals surface area contributed by atoms with E-state index in [0.29, 0.717) is 0 Å². The van der Waals surface area contributed by atoms with Crippen LogP contribution in [0, 0.1) is 31.6 Å². The Bertz CT molecular complexity index is 1020. The molecule has 25 heavy (non-hydrogen) atoms. The van der Waals surface area contributed by atoms with Crippen molar-refractivity contribution in [1.29, 1.82) is 5.26 Å². The fraction of sp³-hybridized carbons (Fsp3) is 0.0714. The summed E-state index contributed by atoms with van der Waals surface area (Å²) in [6.07, 6.45) is 0. The molecule has 1 atom stereocenters. The fourth-order valence-corrected chi connectivity index (χ4v) is 2.46. The van der Waals surface area contributed by atoms with Gasteiger partial charge in [-0.15, -0.1) is 0 Å². The molecular formula is C14H8N5NaO5. The molecule has 1 unspecified atom stereocenters. The van der Waals surface area contributed by atoms with Crippen LogP contribution in [-0.2, 0) is 0 Å². The summed E-state index contributed by atoms with van der Waals surface area (Å²) >= 11 is 0. The third-order valence-electron chi connectivity index (χ3n) is 3.51. The van der Waals surface area contributed by atoms with Crippen molar-refractivity contribution in [3.63, 3.8) is 0 Å². The molecule has 120 valence electrons. The topological polar surface area (TPSA) is 149 Å². The van der Waals surface area contributed by atoms with E-state index in [4.69, 9.17) is 0 Å². The maximum absolute atomic E-state index is 11.2. The molecule has 0 saturated heterocycles. The van der Waals surface area contributed by atoms with Gasteiger partial charge in [0.05, 0.1) is 21.5 Å². The number of aromatic nitrogens is 2. The average molecular weight is 349 g/mol. The zero-order chi connectivity index (χ0) is 17.3. The summed E-state index contributed by atoms with van der Waals surface area (Å²) < 4.78 is 4.56. The number of nitro benzene ring substituents is 2. The quantitative estimate of drug-likeness (QED) is 0.357. The molecule has 0 N–H and O–H groups in total. The van der Waals surface area contributed by atoms with Crippen LogP contribution in [0.3, 0.4) is 0 Å². The number of fused-ring (bicyclic) bond motifs is 1. The Kier molecular flexibility index (Phi) is 5.43. The summed E-state index contributed by atoms with van der Waals surface area (Å²) in [7, 11) is 0. The van der Waals surface area contributed by atoms with Crippen LogP contribution in [0.25, 0.3) is 11.0 Å². The number of nitro groups is 2. The zero-order valence-corrected chi connectivity index (χ0v) is 14.8. The molecule has 11 heteroatoms. The van der Waals surface area contributed by atoms with Crippen LogP contribution >= 0.6 is 0 Å². The second-order valence-corrected chi connectivity index (χ2v) is 4.77. The van der Waals surface area contributed by atoms with Crippen molar-refractivity contribution in [3.8, 4) is 6.07 Å². The summed E-state index contributed by atoms with van der Waals surface area (Å²) in [4.78, 5) is 21.0. The van der Waals surface area contributed by atoms with Gasteiger partial charge < -0.3 is 1.43 Å². The molecule has 1 aromatic heterocycles. The second-order valence-electron chi connectivity index (χ2n) is 4.77. The van der Waals surface area contributed by atoms with Crippen LogP contribution in [0.5, 0.6) is 0 Å². The molecule has 0 aliphatic carbocycles. The Morgan fingerprint density at radius 3 is 2.28 bits per heavy atom. The molecule has 0 aliphatic rings. The fourth-order valence-electron chi connectivity index (χ4n) is 2.46. The zero-order valence-electron chi connectivity index (χ0n) is 13.8. The predicted octanol–water partition coefficient (Wildman–Crippen LogP) is -0.189. The van der Waals surface area contributed by atoms with E-state index < -0.39 is 15.8 Å². The van der Waals surface area contributed by atoms with Gasteiger partial charge in [-0.2, -0.15) is 5.26 Å². The van der Waals surface area contributed by atoms with Crippen molar-refractivity contribution >= 4 is 22.4 Å². The summed E-state index contributed by atoms with van der Waals surface area (Å²) in [6.45, 7) is 0. The Morgan fingerprint density at radius 1 is 1.00 bits per heavy atom. The second kappa shape index (κ2) is 7.35. The number of hydrogen-bond donors (Lipinski definition) is 0. The standard InChI is InChI=1S/C14H7N5O5.Na.H/c15-7-10(8-3-1-2-4-11(8)18(20)21)9-5-6-12(19(22)23)14-13(9)16-24-17-14;;/h1-6,10H;;/q;+1;-1. The van der Waals surface area contributed by atoms with E-state index in [2.05, 4.69) is 14.9 Å². The minimum atomic E-state index is -1.05. The molecule has 0 spiro atoms. The van der Waals surface area contributed by atoms with Gasteiger partial charge in [0.25, 0.3) is 5.69 Å². The Hall–Kier alpha value is -2.87. The largest absolute Gasteiger partial charge is 1.00 e. The van der Waals surface area contributed by atoms with E-state index in [1.807, 2.05) is 6.07 Å². The average Bonchev–Trinajstić information content (AvgIpc) is 3.05. The third-order valence-corrected chi connectivity index (χ3v) is 3.51. The number of para-hydroxylation sites is 1. The number of nitriles is 1. The van der Waals surface area contributed by atoms with Gasteiger partial charge in [-0.3, -0.25) is 20.2 Å². The van der Waals surface area contributed by atoms with Crippen molar-refractivity contribution < 1.29 is 45.5 Å². The molecule has 2 aromatic carbocycles. The van der Waals surface area contributed by atoms with Gasteiger partial charge in [0.1, 0.15) is 11.4 Å². The van der Waals surface area contributed by atoms with Crippen LogP contribution < -0.4 is 29.6 Å². The van der Waals surface area contributed by atoms with E-state index in [1.165, 1.54) is 30.3 Å². The van der Waals surface area contributed by atoms with E-state index in [9.17, 15) is 25.5 Å². The maximum Gasteiger partial charge on any atom is 1.00 e. The Morgan fingerprint density at radius 2 is 1.64 bits per heavy atom. The number of hydrogen-bond acceptors (Lipinski definition) is 8. The van der Waals surface area contributed by atoms with E-state index in [-0.39, 0.29) is 64.5 Å². The van der Waals surface area contributed by atoms with E-state index in [1.54, 1.807) is 6.07 Å². The number of benzene rings is 2. The van der Waals surface area contributed by atoms with Gasteiger partial charge in [-0.05, 0) is 16.4 Å². The molecule has 0 saturated carbocycles. The van der Waals surface area contributed by atoms with Crippen molar-refractivity contribution in [1.82, 2.24) is 10.3 Å². The summed E-state index contributed by atoms with van der Waals surface area (Å²) in [5.41, 5.74) is -0.247. The first-order valence-electron chi connectivity index (χ1n) is 6.57. The van der Waals surface area contributed by atoms with E-state index >= 15 is 0 Å². The first kappa shape index (κ1) is 18.5. The maximum atomic E-state index is 11.2. The number of nitrogens with zero attached hydrogens (tertiary/aromatic N) is 5. The molecule has 10 nitrogen and oxygen atoms in total. The van der Waals surface area contributed by atoms with Crippen LogP contribution in [-0.4, -0.2) is 20.2 Å². The van der Waals surface area contributed by atoms with Crippen molar-refractivity contribution in [3.05, 3.63) is 67.8 Å². The first-order chi connectivity index (χ1) is 11.5.